The van der Waals surface area contributed by atoms with E-state index in [1.54, 1.807) is 25.2 Å². The van der Waals surface area contributed by atoms with Gasteiger partial charge < -0.3 is 19.5 Å². The predicted octanol–water partition coefficient (Wildman–Crippen LogP) is 4.96. The average molecular weight is 503 g/mol. The van der Waals surface area contributed by atoms with Gasteiger partial charge in [0.05, 0.1) is 7.11 Å². The van der Waals surface area contributed by atoms with Crippen LogP contribution < -0.4 is 14.8 Å². The molecule has 6 nitrogen and oxygen atoms in total. The Morgan fingerprint density at radius 1 is 0.944 bits per heavy atom. The van der Waals surface area contributed by atoms with Gasteiger partial charge in [0.15, 0.2) is 5.11 Å². The number of hydrogen-bond donors (Lipinski definition) is 1. The number of carbonyl (C=O) groups is 1. The second-order valence-electron chi connectivity index (χ2n) is 8.42. The molecule has 0 aromatic heterocycles. The first kappa shape index (κ1) is 25.4. The molecule has 0 atom stereocenters. The fourth-order valence-electron chi connectivity index (χ4n) is 4.07. The summed E-state index contributed by atoms with van der Waals surface area (Å²) in [5, 5.41) is 3.44. The predicted molar refractivity (Wildman–Crippen MR) is 145 cm³/mol. The van der Waals surface area contributed by atoms with Crippen LogP contribution in [0.2, 0.25) is 0 Å². The third-order valence-electron chi connectivity index (χ3n) is 5.90. The van der Waals surface area contributed by atoms with Gasteiger partial charge in [-0.1, -0.05) is 54.6 Å². The first-order chi connectivity index (χ1) is 17.6. The van der Waals surface area contributed by atoms with Gasteiger partial charge in [0.2, 0.25) is 0 Å². The SMILES string of the molecule is COCCCN1C(=O)/C(=C\c2ccc(OC)c(COc3ccccc3Cc3ccccc3)c2)NC1=S. The average Bonchev–Trinajstić information content (AvgIpc) is 3.16. The molecule has 3 aromatic rings. The molecule has 0 aliphatic carbocycles. The lowest BCUT2D eigenvalue weighted by Gasteiger charge is -2.14. The van der Waals surface area contributed by atoms with E-state index in [4.69, 9.17) is 26.4 Å². The molecule has 1 aliphatic rings. The molecule has 7 heteroatoms. The monoisotopic (exact) mass is 502 g/mol. The van der Waals surface area contributed by atoms with Crippen molar-refractivity contribution in [2.75, 3.05) is 27.4 Å². The molecule has 0 unspecified atom stereocenters. The van der Waals surface area contributed by atoms with Gasteiger partial charge in [0.1, 0.15) is 23.8 Å². The van der Waals surface area contributed by atoms with Crippen LogP contribution >= 0.6 is 12.2 Å². The highest BCUT2D eigenvalue weighted by Gasteiger charge is 2.30. The number of nitrogens with zero attached hydrogens (tertiary/aromatic N) is 1. The molecular formula is C29H30N2O4S. The van der Waals surface area contributed by atoms with E-state index in [0.717, 1.165) is 34.6 Å². The van der Waals surface area contributed by atoms with Crippen LogP contribution in [0.4, 0.5) is 0 Å². The molecule has 0 radical (unpaired) electrons. The van der Waals surface area contributed by atoms with Gasteiger partial charge in [-0.25, -0.2) is 0 Å². The molecule has 1 saturated heterocycles. The quantitative estimate of drug-likeness (QED) is 0.227. The Balaban J connectivity index is 1.50. The minimum atomic E-state index is -0.139. The van der Waals surface area contributed by atoms with Crippen molar-refractivity contribution in [2.24, 2.45) is 0 Å². The second-order valence-corrected chi connectivity index (χ2v) is 8.81. The highest BCUT2D eigenvalue weighted by atomic mass is 32.1. The molecule has 1 aliphatic heterocycles. The zero-order chi connectivity index (χ0) is 25.3. The molecule has 1 fully saturated rings. The van der Waals surface area contributed by atoms with Gasteiger partial charge in [0.25, 0.3) is 5.91 Å². The minimum absolute atomic E-state index is 0.139. The number of amides is 1. The van der Waals surface area contributed by atoms with Crippen molar-refractivity contribution in [3.63, 3.8) is 0 Å². The molecule has 36 heavy (non-hydrogen) atoms. The molecule has 0 bridgehead atoms. The summed E-state index contributed by atoms with van der Waals surface area (Å²) in [7, 11) is 3.28. The van der Waals surface area contributed by atoms with E-state index < -0.39 is 0 Å². The highest BCUT2D eigenvalue weighted by Crippen LogP contribution is 2.27. The Bertz CT molecular complexity index is 1240. The molecule has 1 N–H and O–H groups in total. The van der Waals surface area contributed by atoms with E-state index in [1.807, 2.05) is 54.6 Å². The fourth-order valence-corrected chi connectivity index (χ4v) is 4.36. The van der Waals surface area contributed by atoms with E-state index >= 15 is 0 Å². The zero-order valence-electron chi connectivity index (χ0n) is 20.5. The normalized spacial score (nSPS) is 14.3. The fraction of sp³-hybridized carbons (Fsp3) is 0.241. The van der Waals surface area contributed by atoms with E-state index in [9.17, 15) is 4.79 Å². The summed E-state index contributed by atoms with van der Waals surface area (Å²) in [5.74, 6) is 1.41. The molecule has 0 spiro atoms. The van der Waals surface area contributed by atoms with Gasteiger partial charge >= 0.3 is 0 Å². The maximum atomic E-state index is 12.8. The van der Waals surface area contributed by atoms with Crippen LogP contribution in [0.1, 0.15) is 28.7 Å². The number of nitrogens with one attached hydrogen (secondary N) is 1. The lowest BCUT2D eigenvalue weighted by Crippen LogP contribution is -2.32. The summed E-state index contributed by atoms with van der Waals surface area (Å²) < 4.78 is 16.9. The summed E-state index contributed by atoms with van der Waals surface area (Å²) in [6.07, 6.45) is 3.30. The first-order valence-electron chi connectivity index (χ1n) is 11.8. The Kier molecular flexibility index (Phi) is 8.71. The lowest BCUT2D eigenvalue weighted by molar-refractivity contribution is -0.122. The van der Waals surface area contributed by atoms with Gasteiger partial charge in [-0.2, -0.15) is 0 Å². The summed E-state index contributed by atoms with van der Waals surface area (Å²) >= 11 is 5.35. The van der Waals surface area contributed by atoms with Crippen molar-refractivity contribution < 1.29 is 19.0 Å². The maximum absolute atomic E-state index is 12.8. The van der Waals surface area contributed by atoms with Crippen LogP contribution in [-0.4, -0.2) is 43.3 Å². The molecule has 186 valence electrons. The van der Waals surface area contributed by atoms with Crippen molar-refractivity contribution >= 4 is 29.3 Å². The number of ether oxygens (including phenoxy) is 3. The Morgan fingerprint density at radius 3 is 2.50 bits per heavy atom. The summed E-state index contributed by atoms with van der Waals surface area (Å²) in [4.78, 5) is 14.4. The molecule has 4 rings (SSSR count). The highest BCUT2D eigenvalue weighted by molar-refractivity contribution is 7.80. The smallest absolute Gasteiger partial charge is 0.276 e. The maximum Gasteiger partial charge on any atom is 0.276 e. The van der Waals surface area contributed by atoms with Gasteiger partial charge in [-0.15, -0.1) is 0 Å². The van der Waals surface area contributed by atoms with Crippen LogP contribution in [0.3, 0.4) is 0 Å². The van der Waals surface area contributed by atoms with E-state index in [0.29, 0.717) is 37.0 Å². The van der Waals surface area contributed by atoms with Crippen LogP contribution in [0.15, 0.2) is 78.5 Å². The topological polar surface area (TPSA) is 60.0 Å². The Labute approximate surface area is 217 Å². The molecule has 3 aromatic carbocycles. The third-order valence-corrected chi connectivity index (χ3v) is 6.22. The molecule has 0 saturated carbocycles. The van der Waals surface area contributed by atoms with Crippen molar-refractivity contribution in [1.29, 1.82) is 0 Å². The number of thiocarbonyl (C=S) groups is 1. The van der Waals surface area contributed by atoms with E-state index in [1.165, 1.54) is 5.56 Å². The van der Waals surface area contributed by atoms with E-state index in [2.05, 4.69) is 23.5 Å². The molecule has 1 amide bonds. The van der Waals surface area contributed by atoms with Gasteiger partial charge in [-0.05, 0) is 59.6 Å². The lowest BCUT2D eigenvalue weighted by atomic mass is 10.0. The summed E-state index contributed by atoms with van der Waals surface area (Å²) in [5.41, 5.74) is 4.52. The Morgan fingerprint density at radius 2 is 1.72 bits per heavy atom. The molecule has 1 heterocycles. The third kappa shape index (κ3) is 6.30. The zero-order valence-corrected chi connectivity index (χ0v) is 21.3. The van der Waals surface area contributed by atoms with Crippen molar-refractivity contribution in [3.05, 3.63) is 101 Å². The number of rotatable bonds is 11. The largest absolute Gasteiger partial charge is 0.496 e. The first-order valence-corrected chi connectivity index (χ1v) is 12.2. The van der Waals surface area contributed by atoms with E-state index in [-0.39, 0.29) is 5.91 Å². The number of carbonyl (C=O) groups excluding carboxylic acids is 1. The Hall–Kier alpha value is -3.68. The van der Waals surface area contributed by atoms with Gasteiger partial charge in [0, 0.05) is 32.2 Å². The number of hydrogen-bond acceptors (Lipinski definition) is 5. The minimum Gasteiger partial charge on any atom is -0.496 e. The standard InChI is InChI=1S/C29H30N2O4S/c1-33-16-8-15-31-28(32)25(30-29(31)36)19-22-13-14-26(34-2)24(18-22)20-35-27-12-7-6-11-23(27)17-21-9-4-3-5-10-21/h3-7,9-14,18-19H,8,15-17,20H2,1-2H3,(H,30,36)/b25-19+. The second kappa shape index (κ2) is 12.3. The summed E-state index contributed by atoms with van der Waals surface area (Å²) in [6.45, 7) is 1.41. The van der Waals surface area contributed by atoms with Crippen LogP contribution in [0.5, 0.6) is 11.5 Å². The van der Waals surface area contributed by atoms with Crippen LogP contribution in [-0.2, 0) is 22.6 Å². The molecular weight excluding hydrogens is 472 g/mol. The van der Waals surface area contributed by atoms with Gasteiger partial charge in [-0.3, -0.25) is 9.69 Å². The summed E-state index contributed by atoms with van der Waals surface area (Å²) in [6, 6.07) is 24.1. The van der Waals surface area contributed by atoms with Crippen LogP contribution in [0.25, 0.3) is 6.08 Å². The number of methoxy groups -OCH3 is 2. The van der Waals surface area contributed by atoms with Crippen molar-refractivity contribution in [2.45, 2.75) is 19.4 Å². The van der Waals surface area contributed by atoms with Crippen molar-refractivity contribution in [1.82, 2.24) is 10.2 Å². The number of benzene rings is 3. The van der Waals surface area contributed by atoms with Crippen LogP contribution in [0, 0.1) is 0 Å². The van der Waals surface area contributed by atoms with Crippen molar-refractivity contribution in [3.8, 4) is 11.5 Å². The number of para-hydroxylation sites is 1.